The van der Waals surface area contributed by atoms with Gasteiger partial charge in [0, 0.05) is 13.1 Å². The third-order valence-corrected chi connectivity index (χ3v) is 1.54. The van der Waals surface area contributed by atoms with Crippen LogP contribution in [0.2, 0.25) is 0 Å². The molecule has 3 nitrogen and oxygen atoms in total. The lowest BCUT2D eigenvalue weighted by atomic mass is 10.2. The van der Waals surface area contributed by atoms with Crippen molar-refractivity contribution in [3.8, 4) is 0 Å². The maximum atomic E-state index is 5.27. The molecule has 0 radical (unpaired) electrons. The maximum Gasteiger partial charge on any atom is 0.216 e. The predicted molar refractivity (Wildman–Crippen MR) is 39.4 cm³/mol. The van der Waals surface area contributed by atoms with E-state index in [1.165, 1.54) is 0 Å². The highest BCUT2D eigenvalue weighted by atomic mass is 16.5. The van der Waals surface area contributed by atoms with Crippen LogP contribution in [-0.4, -0.2) is 24.4 Å². The van der Waals surface area contributed by atoms with E-state index in [0.29, 0.717) is 0 Å². The second-order valence-electron chi connectivity index (χ2n) is 2.33. The average Bonchev–Trinajstić information content (AvgIpc) is 2.27. The molecule has 0 aromatic rings. The molecular formula is C7H8N2O. The van der Waals surface area contributed by atoms with Gasteiger partial charge < -0.3 is 4.74 Å². The number of dihydropyridines is 1. The van der Waals surface area contributed by atoms with Gasteiger partial charge in [-0.05, 0) is 6.08 Å². The van der Waals surface area contributed by atoms with Crippen molar-refractivity contribution in [2.24, 2.45) is 9.98 Å². The molecule has 2 heterocycles. The molecule has 0 N–H and O–H groups in total. The molecule has 2 rings (SSSR count). The Labute approximate surface area is 59.1 Å². The molecular weight excluding hydrogens is 128 g/mol. The Morgan fingerprint density at radius 2 is 2.50 bits per heavy atom. The van der Waals surface area contributed by atoms with Gasteiger partial charge in [0.2, 0.25) is 6.23 Å². The van der Waals surface area contributed by atoms with Crippen LogP contribution in [0.3, 0.4) is 0 Å². The Kier molecular flexibility index (Phi) is 1.09. The molecule has 0 spiro atoms. The second kappa shape index (κ2) is 1.94. The van der Waals surface area contributed by atoms with Crippen molar-refractivity contribution >= 4 is 12.1 Å². The zero-order valence-corrected chi connectivity index (χ0v) is 5.69. The standard InChI is InChI=1S/C7H8N2O/c1-5-9-6-3-2-4-8-7(6)10-5/h2-4,6-7H,1H3. The summed E-state index contributed by atoms with van der Waals surface area (Å²) in [4.78, 5) is 8.30. The Balaban J connectivity index is 2.24. The van der Waals surface area contributed by atoms with Crippen molar-refractivity contribution in [2.45, 2.75) is 19.2 Å². The van der Waals surface area contributed by atoms with Gasteiger partial charge in [-0.2, -0.15) is 0 Å². The van der Waals surface area contributed by atoms with Gasteiger partial charge in [-0.15, -0.1) is 0 Å². The molecule has 0 amide bonds. The lowest BCUT2D eigenvalue weighted by Gasteiger charge is -2.11. The fourth-order valence-corrected chi connectivity index (χ4v) is 1.10. The van der Waals surface area contributed by atoms with Crippen molar-refractivity contribution in [1.29, 1.82) is 0 Å². The van der Waals surface area contributed by atoms with E-state index < -0.39 is 0 Å². The fraction of sp³-hybridized carbons (Fsp3) is 0.429. The van der Waals surface area contributed by atoms with Gasteiger partial charge in [-0.3, -0.25) is 0 Å². The zero-order chi connectivity index (χ0) is 6.97. The Hall–Kier alpha value is -1.12. The summed E-state index contributed by atoms with van der Waals surface area (Å²) in [5, 5.41) is 0. The summed E-state index contributed by atoms with van der Waals surface area (Å²) < 4.78 is 5.27. The first-order valence-corrected chi connectivity index (χ1v) is 3.27. The number of rotatable bonds is 0. The Morgan fingerprint density at radius 3 is 3.30 bits per heavy atom. The topological polar surface area (TPSA) is 34.0 Å². The number of hydrogen-bond donors (Lipinski definition) is 0. The van der Waals surface area contributed by atoms with Crippen molar-refractivity contribution in [3.63, 3.8) is 0 Å². The molecule has 2 aliphatic rings. The van der Waals surface area contributed by atoms with Crippen molar-refractivity contribution < 1.29 is 4.74 Å². The summed E-state index contributed by atoms with van der Waals surface area (Å²) in [6.45, 7) is 1.85. The van der Waals surface area contributed by atoms with E-state index in [1.54, 1.807) is 6.21 Å². The summed E-state index contributed by atoms with van der Waals surface area (Å²) in [5.41, 5.74) is 0. The summed E-state index contributed by atoms with van der Waals surface area (Å²) in [5.74, 6) is 0.735. The number of hydrogen-bond acceptors (Lipinski definition) is 3. The van der Waals surface area contributed by atoms with E-state index in [9.17, 15) is 0 Å². The summed E-state index contributed by atoms with van der Waals surface area (Å²) in [7, 11) is 0. The van der Waals surface area contributed by atoms with Crippen LogP contribution >= 0.6 is 0 Å². The largest absolute Gasteiger partial charge is 0.454 e. The highest BCUT2D eigenvalue weighted by Crippen LogP contribution is 2.17. The summed E-state index contributed by atoms with van der Waals surface area (Å²) >= 11 is 0. The van der Waals surface area contributed by atoms with E-state index in [2.05, 4.69) is 9.98 Å². The van der Waals surface area contributed by atoms with Gasteiger partial charge in [0.15, 0.2) is 5.90 Å². The molecule has 2 aliphatic heterocycles. The van der Waals surface area contributed by atoms with Crippen LogP contribution in [0.4, 0.5) is 0 Å². The maximum absolute atomic E-state index is 5.27. The van der Waals surface area contributed by atoms with Crippen molar-refractivity contribution in [2.75, 3.05) is 0 Å². The molecule has 0 aromatic carbocycles. The third kappa shape index (κ3) is 0.744. The van der Waals surface area contributed by atoms with Crippen LogP contribution in [0.25, 0.3) is 0 Å². The minimum absolute atomic E-state index is 0.0787. The van der Waals surface area contributed by atoms with E-state index in [4.69, 9.17) is 4.74 Å². The molecule has 10 heavy (non-hydrogen) atoms. The van der Waals surface area contributed by atoms with Gasteiger partial charge in [-0.1, -0.05) is 6.08 Å². The fourth-order valence-electron chi connectivity index (χ4n) is 1.10. The first-order chi connectivity index (χ1) is 4.86. The molecule has 2 atom stereocenters. The molecule has 52 valence electrons. The molecule has 2 unspecified atom stereocenters. The number of nitrogens with zero attached hydrogens (tertiary/aromatic N) is 2. The Bertz CT molecular complexity index is 230. The highest BCUT2D eigenvalue weighted by molar-refractivity contribution is 5.78. The van der Waals surface area contributed by atoms with Crippen LogP contribution in [0, 0.1) is 0 Å². The van der Waals surface area contributed by atoms with E-state index in [0.717, 1.165) is 5.90 Å². The SMILES string of the molecule is CC1=NC2C=CC=NC2O1. The van der Waals surface area contributed by atoms with Gasteiger partial charge in [0.25, 0.3) is 0 Å². The van der Waals surface area contributed by atoms with E-state index in [-0.39, 0.29) is 12.3 Å². The normalized spacial score (nSPS) is 35.1. The quantitative estimate of drug-likeness (QED) is 0.484. The smallest absolute Gasteiger partial charge is 0.216 e. The number of allylic oxidation sites excluding steroid dienone is 1. The van der Waals surface area contributed by atoms with E-state index >= 15 is 0 Å². The van der Waals surface area contributed by atoms with Gasteiger partial charge >= 0.3 is 0 Å². The summed E-state index contributed by atoms with van der Waals surface area (Å²) in [6.07, 6.45) is 5.56. The second-order valence-corrected chi connectivity index (χ2v) is 2.33. The van der Waals surface area contributed by atoms with Crippen LogP contribution in [0.15, 0.2) is 22.1 Å². The minimum atomic E-state index is -0.0787. The lowest BCUT2D eigenvalue weighted by Crippen LogP contribution is -2.20. The number of fused-ring (bicyclic) bond motifs is 1. The summed E-state index contributed by atoms with van der Waals surface area (Å²) in [6, 6.07) is 0.130. The molecule has 0 fully saturated rings. The molecule has 0 bridgehead atoms. The monoisotopic (exact) mass is 136 g/mol. The highest BCUT2D eigenvalue weighted by Gasteiger charge is 2.26. The minimum Gasteiger partial charge on any atom is -0.454 e. The zero-order valence-electron chi connectivity index (χ0n) is 5.69. The van der Waals surface area contributed by atoms with Crippen LogP contribution in [-0.2, 0) is 4.74 Å². The molecule has 3 heteroatoms. The van der Waals surface area contributed by atoms with Crippen LogP contribution in [0.1, 0.15) is 6.92 Å². The van der Waals surface area contributed by atoms with Gasteiger partial charge in [0.1, 0.15) is 6.04 Å². The average molecular weight is 136 g/mol. The van der Waals surface area contributed by atoms with Crippen molar-refractivity contribution in [3.05, 3.63) is 12.2 Å². The number of aliphatic imine (C=N–C) groups is 2. The lowest BCUT2D eigenvalue weighted by molar-refractivity contribution is 0.214. The number of ether oxygens (including phenoxy) is 1. The third-order valence-electron chi connectivity index (χ3n) is 1.54. The first kappa shape index (κ1) is 5.65. The van der Waals surface area contributed by atoms with Crippen LogP contribution in [0.5, 0.6) is 0 Å². The molecule has 0 saturated heterocycles. The van der Waals surface area contributed by atoms with Gasteiger partial charge in [0.05, 0.1) is 0 Å². The van der Waals surface area contributed by atoms with Gasteiger partial charge in [-0.25, -0.2) is 9.98 Å². The van der Waals surface area contributed by atoms with Crippen molar-refractivity contribution in [1.82, 2.24) is 0 Å². The molecule has 0 aromatic heterocycles. The molecule has 0 aliphatic carbocycles. The molecule has 0 saturated carbocycles. The predicted octanol–water partition coefficient (Wildman–Crippen LogP) is 0.770. The first-order valence-electron chi connectivity index (χ1n) is 3.27. The van der Waals surface area contributed by atoms with Crippen LogP contribution < -0.4 is 0 Å². The Morgan fingerprint density at radius 1 is 1.60 bits per heavy atom. The van der Waals surface area contributed by atoms with E-state index in [1.807, 2.05) is 19.1 Å².